The van der Waals surface area contributed by atoms with Crippen LogP contribution in [-0.4, -0.2) is 27.9 Å². The zero-order valence-corrected chi connectivity index (χ0v) is 15.9. The molecule has 28 heavy (non-hydrogen) atoms. The first kappa shape index (κ1) is 18.3. The van der Waals surface area contributed by atoms with Gasteiger partial charge < -0.3 is 10.1 Å². The standard InChI is InChI=1S/C21H19N3O3S/c25-18(11-17-13-28-21(24-17)15-7-4-10-22-12-15)27-19(14-5-2-1-3-6-14)20(26)23-16-8-9-16/h1-7,10,12-13,16,19H,8-9,11H2,(H,23,26)/t19-/m0/s1. The summed E-state index contributed by atoms with van der Waals surface area (Å²) in [5.41, 5.74) is 2.17. The van der Waals surface area contributed by atoms with E-state index in [4.69, 9.17) is 4.74 Å². The van der Waals surface area contributed by atoms with E-state index in [1.54, 1.807) is 24.5 Å². The van der Waals surface area contributed by atoms with Gasteiger partial charge in [-0.25, -0.2) is 4.98 Å². The van der Waals surface area contributed by atoms with Crippen molar-refractivity contribution in [3.05, 3.63) is 71.5 Å². The number of nitrogens with one attached hydrogen (secondary N) is 1. The van der Waals surface area contributed by atoms with Crippen molar-refractivity contribution in [3.8, 4) is 10.6 Å². The molecule has 1 aliphatic carbocycles. The van der Waals surface area contributed by atoms with Crippen molar-refractivity contribution in [1.82, 2.24) is 15.3 Å². The molecule has 2 heterocycles. The molecule has 0 spiro atoms. The predicted molar refractivity (Wildman–Crippen MR) is 105 cm³/mol. The van der Waals surface area contributed by atoms with Crippen molar-refractivity contribution in [2.75, 3.05) is 0 Å². The van der Waals surface area contributed by atoms with Crippen LogP contribution in [0.1, 0.15) is 30.2 Å². The molecule has 1 aromatic carbocycles. The van der Waals surface area contributed by atoms with Gasteiger partial charge in [-0.05, 0) is 25.0 Å². The number of pyridine rings is 1. The third kappa shape index (κ3) is 4.61. The average Bonchev–Trinajstić information content (AvgIpc) is 3.42. The number of hydrogen-bond acceptors (Lipinski definition) is 6. The summed E-state index contributed by atoms with van der Waals surface area (Å²) in [6.07, 6.45) is 4.43. The number of benzene rings is 1. The third-order valence-electron chi connectivity index (χ3n) is 4.30. The van der Waals surface area contributed by atoms with Crippen LogP contribution in [0.25, 0.3) is 10.6 Å². The molecule has 1 atom stereocenters. The van der Waals surface area contributed by atoms with Gasteiger partial charge in [-0.1, -0.05) is 30.3 Å². The van der Waals surface area contributed by atoms with Crippen molar-refractivity contribution in [2.24, 2.45) is 0 Å². The Kier molecular flexibility index (Phi) is 5.43. The van der Waals surface area contributed by atoms with Crippen LogP contribution in [0, 0.1) is 0 Å². The van der Waals surface area contributed by atoms with Crippen molar-refractivity contribution in [3.63, 3.8) is 0 Å². The van der Waals surface area contributed by atoms with E-state index in [-0.39, 0.29) is 18.4 Å². The van der Waals surface area contributed by atoms with E-state index >= 15 is 0 Å². The Balaban J connectivity index is 1.44. The van der Waals surface area contributed by atoms with Gasteiger partial charge in [0.25, 0.3) is 5.91 Å². The molecular weight excluding hydrogens is 374 g/mol. The van der Waals surface area contributed by atoms with Gasteiger partial charge in [0.2, 0.25) is 6.10 Å². The quantitative estimate of drug-likeness (QED) is 0.623. The fourth-order valence-corrected chi connectivity index (χ4v) is 3.55. The molecular formula is C21H19N3O3S. The molecule has 0 saturated heterocycles. The molecule has 3 aromatic rings. The average molecular weight is 393 g/mol. The fourth-order valence-electron chi connectivity index (χ4n) is 2.74. The molecule has 1 saturated carbocycles. The van der Waals surface area contributed by atoms with Gasteiger partial charge in [0.1, 0.15) is 5.01 Å². The number of carbonyl (C=O) groups excluding carboxylic acids is 2. The number of hydrogen-bond donors (Lipinski definition) is 1. The van der Waals surface area contributed by atoms with Gasteiger partial charge in [0.05, 0.1) is 12.1 Å². The number of thiazole rings is 1. The lowest BCUT2D eigenvalue weighted by molar-refractivity contribution is -0.156. The van der Waals surface area contributed by atoms with Gasteiger partial charge >= 0.3 is 5.97 Å². The normalized spacial score (nSPS) is 14.3. The van der Waals surface area contributed by atoms with Crippen molar-refractivity contribution in [2.45, 2.75) is 31.4 Å². The smallest absolute Gasteiger partial charge is 0.313 e. The molecule has 6 nitrogen and oxygen atoms in total. The molecule has 0 bridgehead atoms. The minimum Gasteiger partial charge on any atom is -0.447 e. The lowest BCUT2D eigenvalue weighted by Gasteiger charge is -2.17. The van der Waals surface area contributed by atoms with E-state index in [9.17, 15) is 9.59 Å². The first-order chi connectivity index (χ1) is 13.7. The zero-order valence-electron chi connectivity index (χ0n) is 15.1. The molecule has 0 unspecified atom stereocenters. The van der Waals surface area contributed by atoms with Gasteiger partial charge in [-0.2, -0.15) is 0 Å². The summed E-state index contributed by atoms with van der Waals surface area (Å²) >= 11 is 1.44. The first-order valence-electron chi connectivity index (χ1n) is 9.08. The SMILES string of the molecule is O=C(Cc1csc(-c2cccnc2)n1)O[C@H](C(=O)NC1CC1)c1ccccc1. The topological polar surface area (TPSA) is 81.2 Å². The van der Waals surface area contributed by atoms with Crippen molar-refractivity contribution < 1.29 is 14.3 Å². The second kappa shape index (κ2) is 8.31. The molecule has 0 aliphatic heterocycles. The fraction of sp³-hybridized carbons (Fsp3) is 0.238. The van der Waals surface area contributed by atoms with E-state index in [1.807, 2.05) is 35.7 Å². The Morgan fingerprint density at radius 1 is 1.18 bits per heavy atom. The Hall–Kier alpha value is -3.06. The number of nitrogens with zero attached hydrogens (tertiary/aromatic N) is 2. The maximum Gasteiger partial charge on any atom is 0.313 e. The maximum atomic E-state index is 12.6. The summed E-state index contributed by atoms with van der Waals surface area (Å²) in [7, 11) is 0. The number of aromatic nitrogens is 2. The van der Waals surface area contributed by atoms with Gasteiger partial charge in [0.15, 0.2) is 0 Å². The maximum absolute atomic E-state index is 12.6. The second-order valence-corrected chi connectivity index (χ2v) is 7.48. The molecule has 0 radical (unpaired) electrons. The first-order valence-corrected chi connectivity index (χ1v) is 9.96. The molecule has 1 aliphatic rings. The number of esters is 1. The molecule has 1 fully saturated rings. The minimum atomic E-state index is -0.953. The number of carbonyl (C=O) groups is 2. The summed E-state index contributed by atoms with van der Waals surface area (Å²) < 4.78 is 5.55. The lowest BCUT2D eigenvalue weighted by atomic mass is 10.1. The van der Waals surface area contributed by atoms with E-state index in [0.29, 0.717) is 11.3 Å². The zero-order chi connectivity index (χ0) is 19.3. The van der Waals surface area contributed by atoms with Crippen LogP contribution in [0.2, 0.25) is 0 Å². The largest absolute Gasteiger partial charge is 0.447 e. The monoisotopic (exact) mass is 393 g/mol. The van der Waals surface area contributed by atoms with Crippen LogP contribution < -0.4 is 5.32 Å². The summed E-state index contributed by atoms with van der Waals surface area (Å²) in [6, 6.07) is 13.0. The summed E-state index contributed by atoms with van der Waals surface area (Å²) in [5.74, 6) is -0.765. The van der Waals surface area contributed by atoms with Crippen molar-refractivity contribution in [1.29, 1.82) is 0 Å². The Labute approximate surface area is 166 Å². The van der Waals surface area contributed by atoms with Gasteiger partial charge in [0, 0.05) is 34.9 Å². The van der Waals surface area contributed by atoms with Gasteiger partial charge in [-0.15, -0.1) is 11.3 Å². The van der Waals surface area contributed by atoms with Crippen LogP contribution in [-0.2, 0) is 20.7 Å². The molecule has 7 heteroatoms. The number of amides is 1. The summed E-state index contributed by atoms with van der Waals surface area (Å²) in [4.78, 5) is 33.6. The van der Waals surface area contributed by atoms with Crippen LogP contribution in [0.5, 0.6) is 0 Å². The van der Waals surface area contributed by atoms with E-state index in [1.165, 1.54) is 11.3 Å². The molecule has 4 rings (SSSR count). The van der Waals surface area contributed by atoms with E-state index in [2.05, 4.69) is 15.3 Å². The highest BCUT2D eigenvalue weighted by molar-refractivity contribution is 7.13. The van der Waals surface area contributed by atoms with Crippen LogP contribution in [0.3, 0.4) is 0 Å². The highest BCUT2D eigenvalue weighted by atomic mass is 32.1. The molecule has 2 aromatic heterocycles. The lowest BCUT2D eigenvalue weighted by Crippen LogP contribution is -2.33. The molecule has 1 N–H and O–H groups in total. The highest BCUT2D eigenvalue weighted by Crippen LogP contribution is 2.25. The predicted octanol–water partition coefficient (Wildman–Crippen LogP) is 3.31. The third-order valence-corrected chi connectivity index (χ3v) is 5.24. The van der Waals surface area contributed by atoms with E-state index < -0.39 is 12.1 Å². The number of rotatable bonds is 7. The van der Waals surface area contributed by atoms with Crippen molar-refractivity contribution >= 4 is 23.2 Å². The summed E-state index contributed by atoms with van der Waals surface area (Å²) in [5, 5.41) is 5.53. The van der Waals surface area contributed by atoms with Gasteiger partial charge in [-0.3, -0.25) is 14.6 Å². The molecule has 142 valence electrons. The molecule has 1 amide bonds. The Bertz CT molecular complexity index is 955. The summed E-state index contributed by atoms with van der Waals surface area (Å²) in [6.45, 7) is 0. The number of ether oxygens (including phenoxy) is 1. The Morgan fingerprint density at radius 2 is 2.00 bits per heavy atom. The van der Waals surface area contributed by atoms with Crippen LogP contribution in [0.15, 0.2) is 60.2 Å². The highest BCUT2D eigenvalue weighted by Gasteiger charge is 2.30. The Morgan fingerprint density at radius 3 is 2.71 bits per heavy atom. The van der Waals surface area contributed by atoms with Crippen LogP contribution >= 0.6 is 11.3 Å². The van der Waals surface area contributed by atoms with Crippen LogP contribution in [0.4, 0.5) is 0 Å². The second-order valence-electron chi connectivity index (χ2n) is 6.63. The van der Waals surface area contributed by atoms with E-state index in [0.717, 1.165) is 23.4 Å². The minimum absolute atomic E-state index is 0.0107.